The molecule has 5 rings (SSSR count). The molecule has 1 saturated heterocycles. The van der Waals surface area contributed by atoms with Crippen molar-refractivity contribution in [2.75, 3.05) is 20.8 Å². The van der Waals surface area contributed by atoms with Crippen LogP contribution in [0.4, 0.5) is 0 Å². The second-order valence-electron chi connectivity index (χ2n) is 9.82. The van der Waals surface area contributed by atoms with Crippen LogP contribution in [0.5, 0.6) is 0 Å². The second-order valence-corrected chi connectivity index (χ2v) is 9.82. The number of rotatable bonds is 11. The summed E-state index contributed by atoms with van der Waals surface area (Å²) in [5, 5.41) is 11.0. The highest BCUT2D eigenvalue weighted by Gasteiger charge is 2.48. The van der Waals surface area contributed by atoms with Crippen LogP contribution < -0.4 is 0 Å². The van der Waals surface area contributed by atoms with E-state index in [9.17, 15) is 5.11 Å². The second kappa shape index (κ2) is 13.3. The Balaban J connectivity index is 1.49. The first-order valence-electron chi connectivity index (χ1n) is 13.5. The van der Waals surface area contributed by atoms with Gasteiger partial charge in [-0.15, -0.1) is 0 Å². The highest BCUT2D eigenvalue weighted by molar-refractivity contribution is 5.47. The summed E-state index contributed by atoms with van der Waals surface area (Å²) in [4.78, 5) is 0. The van der Waals surface area contributed by atoms with Crippen LogP contribution in [-0.4, -0.2) is 56.6 Å². The summed E-state index contributed by atoms with van der Waals surface area (Å²) in [7, 11) is 3.15. The van der Waals surface area contributed by atoms with Gasteiger partial charge >= 0.3 is 0 Å². The molecule has 0 aromatic heterocycles. The smallest absolute Gasteiger partial charge is 0.184 e. The molecule has 5 atom stereocenters. The summed E-state index contributed by atoms with van der Waals surface area (Å²) in [6, 6.07) is 40.3. The molecule has 0 radical (unpaired) electrons. The van der Waals surface area contributed by atoms with E-state index in [1.54, 1.807) is 7.11 Å². The number of aliphatic hydroxyl groups excluding tert-OH is 1. The minimum absolute atomic E-state index is 0.121. The van der Waals surface area contributed by atoms with E-state index in [-0.39, 0.29) is 6.61 Å². The standard InChI is InChI=1S/C34H36O6/c1-36-30-29(40-33(35)32(37-2)31(30)38-23-25-15-7-3-8-16-25)24-39-34(26-17-9-4-10-18-26,27-19-11-5-12-20-27)28-21-13-6-14-22-28/h3-22,29-33,35H,23-24H2,1-2H3/t29-,30+,31+,32-,33+/m1/s1. The Morgan fingerprint density at radius 2 is 1.07 bits per heavy atom. The van der Waals surface area contributed by atoms with Crippen LogP contribution in [0.3, 0.4) is 0 Å². The Bertz CT molecular complexity index is 1190. The van der Waals surface area contributed by atoms with Gasteiger partial charge in [0.05, 0.1) is 13.2 Å². The summed E-state index contributed by atoms with van der Waals surface area (Å²) >= 11 is 0. The minimum Gasteiger partial charge on any atom is -0.376 e. The summed E-state index contributed by atoms with van der Waals surface area (Å²) in [5.41, 5.74) is 3.00. The fourth-order valence-electron chi connectivity index (χ4n) is 5.50. The zero-order valence-electron chi connectivity index (χ0n) is 22.8. The van der Waals surface area contributed by atoms with Crippen molar-refractivity contribution in [3.63, 3.8) is 0 Å². The van der Waals surface area contributed by atoms with Gasteiger partial charge in [-0.1, -0.05) is 121 Å². The van der Waals surface area contributed by atoms with Gasteiger partial charge in [0.15, 0.2) is 6.29 Å². The number of aliphatic hydroxyl groups is 1. The Kier molecular flexibility index (Phi) is 9.39. The first-order chi connectivity index (χ1) is 19.7. The minimum atomic E-state index is -1.22. The zero-order chi connectivity index (χ0) is 27.8. The van der Waals surface area contributed by atoms with Crippen molar-refractivity contribution in [2.24, 2.45) is 0 Å². The molecule has 1 heterocycles. The van der Waals surface area contributed by atoms with Gasteiger partial charge in [0.2, 0.25) is 0 Å². The highest BCUT2D eigenvalue weighted by Crippen LogP contribution is 2.41. The molecule has 1 fully saturated rings. The lowest BCUT2D eigenvalue weighted by atomic mass is 9.80. The molecule has 0 amide bonds. The maximum Gasteiger partial charge on any atom is 0.184 e. The first-order valence-corrected chi connectivity index (χ1v) is 13.5. The molecule has 0 unspecified atom stereocenters. The monoisotopic (exact) mass is 540 g/mol. The van der Waals surface area contributed by atoms with Crippen molar-refractivity contribution in [1.29, 1.82) is 0 Å². The topological polar surface area (TPSA) is 66.4 Å². The van der Waals surface area contributed by atoms with Gasteiger partial charge in [-0.2, -0.15) is 0 Å². The predicted molar refractivity (Wildman–Crippen MR) is 153 cm³/mol. The molecular weight excluding hydrogens is 504 g/mol. The van der Waals surface area contributed by atoms with Crippen LogP contribution in [0.15, 0.2) is 121 Å². The van der Waals surface area contributed by atoms with Gasteiger partial charge in [-0.05, 0) is 22.3 Å². The third kappa shape index (κ3) is 5.88. The van der Waals surface area contributed by atoms with E-state index in [0.717, 1.165) is 22.3 Å². The van der Waals surface area contributed by atoms with Crippen LogP contribution in [0.25, 0.3) is 0 Å². The molecule has 1 N–H and O–H groups in total. The van der Waals surface area contributed by atoms with Crippen molar-refractivity contribution in [3.05, 3.63) is 144 Å². The van der Waals surface area contributed by atoms with Crippen molar-refractivity contribution in [2.45, 2.75) is 42.9 Å². The predicted octanol–water partition coefficient (Wildman–Crippen LogP) is 5.33. The van der Waals surface area contributed by atoms with E-state index in [1.165, 1.54) is 7.11 Å². The first kappa shape index (κ1) is 28.2. The molecule has 6 heteroatoms. The SMILES string of the molecule is CO[C@@H]1[C@@H](OCc2ccccc2)[C@@H](OC)[C@@H](COC(c2ccccc2)(c2ccccc2)c2ccccc2)O[C@@H]1O. The zero-order valence-corrected chi connectivity index (χ0v) is 22.8. The number of methoxy groups -OCH3 is 2. The molecule has 4 aromatic rings. The molecular formula is C34H36O6. The van der Waals surface area contributed by atoms with Crippen molar-refractivity contribution in [1.82, 2.24) is 0 Å². The molecule has 6 nitrogen and oxygen atoms in total. The van der Waals surface area contributed by atoms with E-state index in [4.69, 9.17) is 23.7 Å². The Hall–Kier alpha value is -3.36. The summed E-state index contributed by atoms with van der Waals surface area (Å²) < 4.78 is 30.9. The van der Waals surface area contributed by atoms with E-state index in [1.807, 2.05) is 84.9 Å². The third-order valence-electron chi connectivity index (χ3n) is 7.44. The van der Waals surface area contributed by atoms with Gasteiger partial charge in [-0.3, -0.25) is 0 Å². The van der Waals surface area contributed by atoms with Crippen LogP contribution in [-0.2, 0) is 35.9 Å². The average molecular weight is 541 g/mol. The number of hydrogen-bond donors (Lipinski definition) is 1. The highest BCUT2D eigenvalue weighted by atomic mass is 16.7. The van der Waals surface area contributed by atoms with Crippen molar-refractivity contribution < 1.29 is 28.8 Å². The molecule has 40 heavy (non-hydrogen) atoms. The van der Waals surface area contributed by atoms with Crippen LogP contribution >= 0.6 is 0 Å². The molecule has 1 aliphatic heterocycles. The molecule has 0 aliphatic carbocycles. The molecule has 0 saturated carbocycles. The van der Waals surface area contributed by atoms with Gasteiger partial charge in [0.1, 0.15) is 30.0 Å². The molecule has 208 valence electrons. The van der Waals surface area contributed by atoms with Crippen LogP contribution in [0.2, 0.25) is 0 Å². The van der Waals surface area contributed by atoms with E-state index < -0.39 is 36.3 Å². The van der Waals surface area contributed by atoms with Gasteiger partial charge < -0.3 is 28.8 Å². The third-order valence-corrected chi connectivity index (χ3v) is 7.44. The maximum atomic E-state index is 11.0. The fraction of sp³-hybridized carbons (Fsp3) is 0.294. The average Bonchev–Trinajstić information content (AvgIpc) is 3.02. The number of benzene rings is 4. The van der Waals surface area contributed by atoms with Crippen LogP contribution in [0, 0.1) is 0 Å². The lowest BCUT2D eigenvalue weighted by molar-refractivity contribution is -0.309. The molecule has 0 bridgehead atoms. The lowest BCUT2D eigenvalue weighted by Crippen LogP contribution is -2.61. The van der Waals surface area contributed by atoms with Crippen molar-refractivity contribution >= 4 is 0 Å². The maximum absolute atomic E-state index is 11.0. The number of ether oxygens (including phenoxy) is 5. The largest absolute Gasteiger partial charge is 0.376 e. The van der Waals surface area contributed by atoms with Crippen molar-refractivity contribution in [3.8, 4) is 0 Å². The molecule has 1 aliphatic rings. The number of hydrogen-bond acceptors (Lipinski definition) is 6. The van der Waals surface area contributed by atoms with Gasteiger partial charge in [-0.25, -0.2) is 0 Å². The van der Waals surface area contributed by atoms with E-state index in [0.29, 0.717) is 6.61 Å². The van der Waals surface area contributed by atoms with E-state index in [2.05, 4.69) is 36.4 Å². The normalized spacial score (nSPS) is 23.1. The van der Waals surface area contributed by atoms with Gasteiger partial charge in [0.25, 0.3) is 0 Å². The molecule has 0 spiro atoms. The fourth-order valence-corrected chi connectivity index (χ4v) is 5.50. The Morgan fingerprint density at radius 3 is 1.52 bits per heavy atom. The lowest BCUT2D eigenvalue weighted by Gasteiger charge is -2.45. The summed E-state index contributed by atoms with van der Waals surface area (Å²) in [6.45, 7) is 0.462. The quantitative estimate of drug-likeness (QED) is 0.260. The van der Waals surface area contributed by atoms with Crippen LogP contribution in [0.1, 0.15) is 22.3 Å². The molecule has 4 aromatic carbocycles. The summed E-state index contributed by atoms with van der Waals surface area (Å²) in [6.07, 6.45) is -3.73. The van der Waals surface area contributed by atoms with E-state index >= 15 is 0 Å². The Labute approximate surface area is 236 Å². The Morgan fingerprint density at radius 1 is 0.625 bits per heavy atom. The summed E-state index contributed by atoms with van der Waals surface area (Å²) in [5.74, 6) is 0. The van der Waals surface area contributed by atoms with Gasteiger partial charge in [0, 0.05) is 14.2 Å².